The van der Waals surface area contributed by atoms with Crippen molar-refractivity contribution in [2.45, 2.75) is 6.92 Å². The summed E-state index contributed by atoms with van der Waals surface area (Å²) in [6, 6.07) is 4.00. The maximum absolute atomic E-state index is 4.33. The van der Waals surface area contributed by atoms with Crippen LogP contribution in [0.5, 0.6) is 0 Å². The van der Waals surface area contributed by atoms with Crippen molar-refractivity contribution in [2.75, 3.05) is 0 Å². The van der Waals surface area contributed by atoms with Crippen molar-refractivity contribution in [1.29, 1.82) is 0 Å². The Morgan fingerprint density at radius 2 is 2.11 bits per heavy atom. The van der Waals surface area contributed by atoms with E-state index in [1.165, 1.54) is 0 Å². The van der Waals surface area contributed by atoms with E-state index in [1.54, 1.807) is 6.20 Å². The molecule has 0 spiro atoms. The van der Waals surface area contributed by atoms with Crippen molar-refractivity contribution in [3.05, 3.63) is 42.7 Å². The van der Waals surface area contributed by atoms with Crippen molar-refractivity contribution in [2.24, 2.45) is 0 Å². The van der Waals surface area contributed by atoms with Crippen molar-refractivity contribution in [1.82, 2.24) is 29.5 Å². The molecule has 0 aliphatic rings. The average Bonchev–Trinajstić information content (AvgIpc) is 3.05. The number of aryl methyl sites for hydroxylation is 1. The first kappa shape index (κ1) is 10.2. The predicted octanol–water partition coefficient (Wildman–Crippen LogP) is 1.98. The molecule has 4 heterocycles. The Bertz CT molecular complexity index is 888. The van der Waals surface area contributed by atoms with Crippen LogP contribution in [0.3, 0.4) is 0 Å². The Labute approximate surface area is 108 Å². The zero-order chi connectivity index (χ0) is 12.8. The van der Waals surface area contributed by atoms with Crippen LogP contribution in [0.1, 0.15) is 5.82 Å². The van der Waals surface area contributed by atoms with Gasteiger partial charge in [0.05, 0.1) is 0 Å². The molecule has 0 aliphatic heterocycles. The second kappa shape index (κ2) is 3.61. The number of aromatic amines is 1. The van der Waals surface area contributed by atoms with E-state index in [0.717, 1.165) is 28.0 Å². The number of rotatable bonds is 1. The van der Waals surface area contributed by atoms with Gasteiger partial charge in [-0.2, -0.15) is 0 Å². The van der Waals surface area contributed by atoms with Gasteiger partial charge in [0.2, 0.25) is 0 Å². The van der Waals surface area contributed by atoms with Crippen LogP contribution in [0.4, 0.5) is 0 Å². The number of H-pyrrole nitrogens is 1. The van der Waals surface area contributed by atoms with Gasteiger partial charge in [-0.05, 0) is 24.6 Å². The normalized spacial score (nSPS) is 11.4. The summed E-state index contributed by atoms with van der Waals surface area (Å²) in [6.07, 6.45) is 7.49. The molecule has 4 aromatic rings. The van der Waals surface area contributed by atoms with Crippen LogP contribution in [0.2, 0.25) is 0 Å². The minimum atomic E-state index is 0.612. The molecule has 4 aromatic heterocycles. The zero-order valence-electron chi connectivity index (χ0n) is 10.2. The van der Waals surface area contributed by atoms with Crippen LogP contribution in [0, 0.1) is 6.92 Å². The monoisotopic (exact) mass is 250 g/mol. The molecule has 6 nitrogen and oxygen atoms in total. The van der Waals surface area contributed by atoms with E-state index in [1.807, 2.05) is 42.0 Å². The van der Waals surface area contributed by atoms with Gasteiger partial charge in [0.15, 0.2) is 0 Å². The molecule has 0 saturated heterocycles. The van der Waals surface area contributed by atoms with Gasteiger partial charge in [-0.15, -0.1) is 10.2 Å². The number of pyridine rings is 1. The second-order valence-corrected chi connectivity index (χ2v) is 4.36. The number of nitrogens with zero attached hydrogens (tertiary/aromatic N) is 5. The average molecular weight is 250 g/mol. The summed E-state index contributed by atoms with van der Waals surface area (Å²) >= 11 is 0. The Kier molecular flexibility index (Phi) is 1.94. The van der Waals surface area contributed by atoms with Gasteiger partial charge in [0.1, 0.15) is 11.5 Å². The molecule has 19 heavy (non-hydrogen) atoms. The quantitative estimate of drug-likeness (QED) is 0.560. The lowest BCUT2D eigenvalue weighted by molar-refractivity contribution is 1.01. The Morgan fingerprint density at radius 3 is 3.05 bits per heavy atom. The number of aromatic nitrogens is 6. The summed E-state index contributed by atoms with van der Waals surface area (Å²) in [5.74, 6) is 1.43. The highest BCUT2D eigenvalue weighted by molar-refractivity contribution is 5.92. The number of hydrogen-bond acceptors (Lipinski definition) is 4. The first-order chi connectivity index (χ1) is 9.33. The van der Waals surface area contributed by atoms with Crippen LogP contribution in [0.15, 0.2) is 36.9 Å². The Balaban J connectivity index is 2.03. The third kappa shape index (κ3) is 1.43. The fourth-order valence-corrected chi connectivity index (χ4v) is 2.25. The first-order valence-corrected chi connectivity index (χ1v) is 5.93. The smallest absolute Gasteiger partial charge is 0.254 e. The highest BCUT2D eigenvalue weighted by Crippen LogP contribution is 2.26. The summed E-state index contributed by atoms with van der Waals surface area (Å²) in [4.78, 5) is 11.7. The molecule has 0 saturated carbocycles. The first-order valence-electron chi connectivity index (χ1n) is 5.93. The highest BCUT2D eigenvalue weighted by atomic mass is 15.3. The molecule has 92 valence electrons. The predicted molar refractivity (Wildman–Crippen MR) is 70.6 cm³/mol. The SMILES string of the molecule is Cc1nnc2ncc(-c3ccnc4[nH]ccc34)cn12. The van der Waals surface area contributed by atoms with Gasteiger partial charge >= 0.3 is 0 Å². The largest absolute Gasteiger partial charge is 0.346 e. The van der Waals surface area contributed by atoms with E-state index in [2.05, 4.69) is 25.1 Å². The molecule has 0 atom stereocenters. The topological polar surface area (TPSA) is 71.8 Å². The molecular weight excluding hydrogens is 240 g/mol. The molecule has 0 unspecified atom stereocenters. The summed E-state index contributed by atoms with van der Waals surface area (Å²) in [5, 5.41) is 9.08. The van der Waals surface area contributed by atoms with Crippen molar-refractivity contribution in [3.63, 3.8) is 0 Å². The van der Waals surface area contributed by atoms with E-state index >= 15 is 0 Å². The van der Waals surface area contributed by atoms with Crippen molar-refractivity contribution < 1.29 is 0 Å². The summed E-state index contributed by atoms with van der Waals surface area (Å²) in [5.41, 5.74) is 2.98. The lowest BCUT2D eigenvalue weighted by Gasteiger charge is -2.03. The maximum atomic E-state index is 4.33. The summed E-state index contributed by atoms with van der Waals surface area (Å²) in [6.45, 7) is 1.91. The molecule has 6 heteroatoms. The van der Waals surface area contributed by atoms with E-state index in [-0.39, 0.29) is 0 Å². The third-order valence-corrected chi connectivity index (χ3v) is 3.21. The van der Waals surface area contributed by atoms with Crippen LogP contribution < -0.4 is 0 Å². The van der Waals surface area contributed by atoms with Gasteiger partial charge in [0.25, 0.3) is 5.78 Å². The Hall–Kier alpha value is -2.76. The molecule has 0 amide bonds. The maximum Gasteiger partial charge on any atom is 0.254 e. The molecule has 0 bridgehead atoms. The summed E-state index contributed by atoms with van der Waals surface area (Å²) in [7, 11) is 0. The lowest BCUT2D eigenvalue weighted by atomic mass is 10.1. The molecule has 0 fully saturated rings. The van der Waals surface area contributed by atoms with E-state index < -0.39 is 0 Å². The van der Waals surface area contributed by atoms with E-state index in [4.69, 9.17) is 0 Å². The Morgan fingerprint density at radius 1 is 1.16 bits per heavy atom. The third-order valence-electron chi connectivity index (χ3n) is 3.21. The number of nitrogens with one attached hydrogen (secondary N) is 1. The molecule has 0 radical (unpaired) electrons. The standard InChI is InChI=1S/C13H10N6/c1-8-17-18-13-16-6-9(7-19(8)13)10-2-4-14-12-11(10)3-5-15-12/h2-7H,1H3,(H,14,15). The van der Waals surface area contributed by atoms with E-state index in [0.29, 0.717) is 5.78 Å². The van der Waals surface area contributed by atoms with Gasteiger partial charge in [0, 0.05) is 35.7 Å². The van der Waals surface area contributed by atoms with E-state index in [9.17, 15) is 0 Å². The van der Waals surface area contributed by atoms with Gasteiger partial charge in [-0.1, -0.05) is 0 Å². The summed E-state index contributed by atoms with van der Waals surface area (Å²) < 4.78 is 1.88. The lowest BCUT2D eigenvalue weighted by Crippen LogP contribution is -1.93. The van der Waals surface area contributed by atoms with Crippen molar-refractivity contribution >= 4 is 16.8 Å². The highest BCUT2D eigenvalue weighted by Gasteiger charge is 2.08. The molecule has 4 rings (SSSR count). The van der Waals surface area contributed by atoms with Crippen LogP contribution in [-0.4, -0.2) is 29.5 Å². The van der Waals surface area contributed by atoms with Gasteiger partial charge in [-0.25, -0.2) is 9.97 Å². The van der Waals surface area contributed by atoms with Crippen LogP contribution >= 0.6 is 0 Å². The van der Waals surface area contributed by atoms with Gasteiger partial charge in [-0.3, -0.25) is 4.40 Å². The number of hydrogen-bond donors (Lipinski definition) is 1. The van der Waals surface area contributed by atoms with Crippen molar-refractivity contribution in [3.8, 4) is 11.1 Å². The van der Waals surface area contributed by atoms with Gasteiger partial charge < -0.3 is 4.98 Å². The molecule has 0 aliphatic carbocycles. The fourth-order valence-electron chi connectivity index (χ4n) is 2.25. The minimum Gasteiger partial charge on any atom is -0.346 e. The number of fused-ring (bicyclic) bond motifs is 2. The molecule has 1 N–H and O–H groups in total. The molecular formula is C13H10N6. The molecule has 0 aromatic carbocycles. The zero-order valence-corrected chi connectivity index (χ0v) is 10.2. The minimum absolute atomic E-state index is 0.612. The van der Waals surface area contributed by atoms with Crippen LogP contribution in [0.25, 0.3) is 27.9 Å². The fraction of sp³-hybridized carbons (Fsp3) is 0.0769. The van der Waals surface area contributed by atoms with Crippen LogP contribution in [-0.2, 0) is 0 Å². The second-order valence-electron chi connectivity index (χ2n) is 4.36.